The summed E-state index contributed by atoms with van der Waals surface area (Å²) in [6.45, 7) is 9.10. The number of hydrogen-bond acceptors (Lipinski definition) is 4. The molecule has 17 heavy (non-hydrogen) atoms. The number of thiophene rings is 1. The summed E-state index contributed by atoms with van der Waals surface area (Å²) in [6.07, 6.45) is 0. The van der Waals surface area contributed by atoms with Crippen molar-refractivity contribution in [3.8, 4) is 0 Å². The van der Waals surface area contributed by atoms with Crippen LogP contribution < -0.4 is 10.0 Å². The average molecular weight is 276 g/mol. The van der Waals surface area contributed by atoms with E-state index in [1.165, 1.54) is 11.3 Å². The molecule has 0 unspecified atom stereocenters. The van der Waals surface area contributed by atoms with Gasteiger partial charge in [-0.3, -0.25) is 0 Å². The molecular weight excluding hydrogens is 256 g/mol. The zero-order valence-corrected chi connectivity index (χ0v) is 12.3. The van der Waals surface area contributed by atoms with E-state index in [0.717, 1.165) is 22.8 Å². The van der Waals surface area contributed by atoms with Crippen molar-refractivity contribution in [3.05, 3.63) is 15.8 Å². The molecule has 4 nitrogen and oxygen atoms in total. The fraction of sp³-hybridized carbons (Fsp3) is 0.636. The van der Waals surface area contributed by atoms with E-state index in [4.69, 9.17) is 0 Å². The first-order chi connectivity index (χ1) is 7.86. The lowest BCUT2D eigenvalue weighted by molar-refractivity contribution is 0.569. The smallest absolute Gasteiger partial charge is 0.241 e. The van der Waals surface area contributed by atoms with Gasteiger partial charge in [0.2, 0.25) is 10.0 Å². The van der Waals surface area contributed by atoms with Crippen LogP contribution in [0.4, 0.5) is 0 Å². The van der Waals surface area contributed by atoms with Crippen LogP contribution in [0.1, 0.15) is 30.5 Å². The molecule has 6 heteroatoms. The van der Waals surface area contributed by atoms with Crippen molar-refractivity contribution in [3.63, 3.8) is 0 Å². The highest BCUT2D eigenvalue weighted by Crippen LogP contribution is 2.25. The van der Waals surface area contributed by atoms with Gasteiger partial charge in [0.15, 0.2) is 0 Å². The number of sulfonamides is 1. The average Bonchev–Trinajstić information content (AvgIpc) is 2.55. The summed E-state index contributed by atoms with van der Waals surface area (Å²) < 4.78 is 26.7. The Kier molecular flexibility index (Phi) is 5.12. The Morgan fingerprint density at radius 3 is 2.59 bits per heavy atom. The van der Waals surface area contributed by atoms with Crippen LogP contribution in [-0.4, -0.2) is 21.0 Å². The Morgan fingerprint density at radius 2 is 2.06 bits per heavy atom. The number of hydrogen-bond donors (Lipinski definition) is 2. The highest BCUT2D eigenvalue weighted by atomic mass is 32.2. The molecule has 0 aliphatic rings. The normalized spacial score (nSPS) is 12.3. The fourth-order valence-corrected chi connectivity index (χ4v) is 4.36. The van der Waals surface area contributed by atoms with Gasteiger partial charge in [0.25, 0.3) is 0 Å². The molecule has 0 aromatic carbocycles. The van der Waals surface area contributed by atoms with E-state index in [9.17, 15) is 8.42 Å². The SMILES string of the molecule is CCNCc1cc(S(=O)(=O)NC(C)C)c(C)s1. The molecule has 2 N–H and O–H groups in total. The first-order valence-electron chi connectivity index (χ1n) is 5.69. The third-order valence-electron chi connectivity index (χ3n) is 2.15. The molecular formula is C11H20N2O2S2. The second-order valence-corrected chi connectivity index (χ2v) is 7.21. The van der Waals surface area contributed by atoms with E-state index in [-0.39, 0.29) is 6.04 Å². The van der Waals surface area contributed by atoms with Crippen LogP contribution in [0.25, 0.3) is 0 Å². The van der Waals surface area contributed by atoms with E-state index >= 15 is 0 Å². The lowest BCUT2D eigenvalue weighted by Crippen LogP contribution is -2.30. The van der Waals surface area contributed by atoms with E-state index in [0.29, 0.717) is 4.90 Å². The van der Waals surface area contributed by atoms with Crippen LogP contribution in [-0.2, 0) is 16.6 Å². The zero-order chi connectivity index (χ0) is 13.1. The van der Waals surface area contributed by atoms with E-state index in [2.05, 4.69) is 10.0 Å². The molecule has 1 aromatic heterocycles. The minimum absolute atomic E-state index is 0.0866. The molecule has 98 valence electrons. The number of rotatable bonds is 6. The van der Waals surface area contributed by atoms with Crippen molar-refractivity contribution in [1.82, 2.24) is 10.0 Å². The quantitative estimate of drug-likeness (QED) is 0.833. The Hall–Kier alpha value is -0.430. The van der Waals surface area contributed by atoms with Crippen LogP contribution in [0.3, 0.4) is 0 Å². The number of nitrogens with one attached hydrogen (secondary N) is 2. The summed E-state index contributed by atoms with van der Waals surface area (Å²) in [5.74, 6) is 0. The topological polar surface area (TPSA) is 58.2 Å². The third-order valence-corrected chi connectivity index (χ3v) is 5.12. The highest BCUT2D eigenvalue weighted by molar-refractivity contribution is 7.89. The molecule has 0 amide bonds. The lowest BCUT2D eigenvalue weighted by atomic mass is 10.4. The summed E-state index contributed by atoms with van der Waals surface area (Å²) in [5, 5.41) is 3.19. The van der Waals surface area contributed by atoms with Crippen molar-refractivity contribution in [1.29, 1.82) is 0 Å². The van der Waals surface area contributed by atoms with Crippen LogP contribution in [0, 0.1) is 6.92 Å². The van der Waals surface area contributed by atoms with E-state index < -0.39 is 10.0 Å². The minimum Gasteiger partial charge on any atom is -0.312 e. The second kappa shape index (κ2) is 5.95. The molecule has 0 bridgehead atoms. The predicted molar refractivity (Wildman–Crippen MR) is 71.9 cm³/mol. The predicted octanol–water partition coefficient (Wildman–Crippen LogP) is 1.85. The maximum Gasteiger partial charge on any atom is 0.241 e. The summed E-state index contributed by atoms with van der Waals surface area (Å²) >= 11 is 1.53. The Labute approximate surface area is 107 Å². The maximum absolute atomic E-state index is 12.0. The first kappa shape index (κ1) is 14.6. The van der Waals surface area contributed by atoms with Gasteiger partial charge in [-0.05, 0) is 33.4 Å². The van der Waals surface area contributed by atoms with Crippen molar-refractivity contribution in [2.45, 2.75) is 45.2 Å². The van der Waals surface area contributed by atoms with E-state index in [1.54, 1.807) is 6.07 Å². The molecule has 0 aliphatic carbocycles. The summed E-state index contributed by atoms with van der Waals surface area (Å²) in [7, 11) is -3.36. The monoisotopic (exact) mass is 276 g/mol. The Balaban J connectivity index is 2.94. The van der Waals surface area contributed by atoms with Crippen molar-refractivity contribution < 1.29 is 8.42 Å². The van der Waals surface area contributed by atoms with Gasteiger partial charge in [-0.2, -0.15) is 0 Å². The summed E-state index contributed by atoms with van der Waals surface area (Å²) in [4.78, 5) is 2.30. The standard InChI is InChI=1S/C11H20N2O2S2/c1-5-12-7-10-6-11(9(4)16-10)17(14,15)13-8(2)3/h6,8,12-13H,5,7H2,1-4H3. The Morgan fingerprint density at radius 1 is 1.41 bits per heavy atom. The Bertz CT molecular complexity index is 464. The van der Waals surface area contributed by atoms with Crippen molar-refractivity contribution >= 4 is 21.4 Å². The molecule has 0 spiro atoms. The zero-order valence-electron chi connectivity index (χ0n) is 10.7. The van der Waals surface area contributed by atoms with Crippen LogP contribution in [0.5, 0.6) is 0 Å². The van der Waals surface area contributed by atoms with Gasteiger partial charge in [-0.1, -0.05) is 6.92 Å². The number of aryl methyl sites for hydroxylation is 1. The van der Waals surface area contributed by atoms with Crippen molar-refractivity contribution in [2.75, 3.05) is 6.54 Å². The lowest BCUT2D eigenvalue weighted by Gasteiger charge is -2.08. The van der Waals surface area contributed by atoms with Gasteiger partial charge >= 0.3 is 0 Å². The maximum atomic E-state index is 12.0. The molecule has 1 heterocycles. The molecule has 0 atom stereocenters. The van der Waals surface area contributed by atoms with Gasteiger partial charge < -0.3 is 5.32 Å². The molecule has 0 saturated heterocycles. The van der Waals surface area contributed by atoms with Crippen LogP contribution in [0.15, 0.2) is 11.0 Å². The molecule has 1 aromatic rings. The van der Waals surface area contributed by atoms with Gasteiger partial charge in [0, 0.05) is 22.3 Å². The molecule has 0 saturated carbocycles. The van der Waals surface area contributed by atoms with Gasteiger partial charge in [-0.15, -0.1) is 11.3 Å². The van der Waals surface area contributed by atoms with Crippen LogP contribution in [0.2, 0.25) is 0 Å². The van der Waals surface area contributed by atoms with E-state index in [1.807, 2.05) is 27.7 Å². The summed E-state index contributed by atoms with van der Waals surface area (Å²) in [6, 6.07) is 1.67. The van der Waals surface area contributed by atoms with Crippen molar-refractivity contribution in [2.24, 2.45) is 0 Å². The highest BCUT2D eigenvalue weighted by Gasteiger charge is 2.20. The first-order valence-corrected chi connectivity index (χ1v) is 7.99. The largest absolute Gasteiger partial charge is 0.312 e. The third kappa shape index (κ3) is 4.06. The van der Waals surface area contributed by atoms with Gasteiger partial charge in [0.1, 0.15) is 0 Å². The fourth-order valence-electron chi connectivity index (χ4n) is 1.50. The molecule has 0 fully saturated rings. The van der Waals surface area contributed by atoms with Crippen LogP contribution >= 0.6 is 11.3 Å². The second-order valence-electron chi connectivity index (χ2n) is 4.19. The van der Waals surface area contributed by atoms with Gasteiger partial charge in [-0.25, -0.2) is 13.1 Å². The minimum atomic E-state index is -3.36. The van der Waals surface area contributed by atoms with Gasteiger partial charge in [0.05, 0.1) is 4.90 Å². The molecule has 1 rings (SSSR count). The summed E-state index contributed by atoms with van der Waals surface area (Å²) in [5.41, 5.74) is 0. The molecule has 0 radical (unpaired) electrons. The molecule has 0 aliphatic heterocycles.